The van der Waals surface area contributed by atoms with Crippen LogP contribution in [0, 0.1) is 0 Å². The minimum atomic E-state index is -1.11. The fraction of sp³-hybridized carbons (Fsp3) is 0.110. The first-order chi connectivity index (χ1) is 63.6. The van der Waals surface area contributed by atoms with Crippen molar-refractivity contribution in [2.24, 2.45) is 0 Å². The number of ether oxygens (including phenoxy) is 6. The number of fused-ring (bicyclic) bond motifs is 4. The molecule has 17 rings (SSSR count). The Balaban J connectivity index is 0.000000140. The monoisotopic (exact) mass is 1720 g/mol. The Kier molecular flexibility index (Phi) is 31.5. The van der Waals surface area contributed by atoms with Crippen molar-refractivity contribution in [2.75, 3.05) is 6.61 Å². The number of nitrogens with zero attached hydrogens (tertiary/aromatic N) is 7. The summed E-state index contributed by atoms with van der Waals surface area (Å²) < 4.78 is 35.4. The van der Waals surface area contributed by atoms with Gasteiger partial charge in [0.2, 0.25) is 0 Å². The quantitative estimate of drug-likeness (QED) is 0.0219. The van der Waals surface area contributed by atoms with Crippen LogP contribution < -0.4 is 28.4 Å². The van der Waals surface area contributed by atoms with Gasteiger partial charge in [0.1, 0.15) is 67.5 Å². The molecule has 0 unspecified atom stereocenters. The van der Waals surface area contributed by atoms with Crippen molar-refractivity contribution in [1.29, 1.82) is 0 Å². The van der Waals surface area contributed by atoms with E-state index >= 15 is 0 Å². The highest BCUT2D eigenvalue weighted by Gasteiger charge is 2.21. The highest BCUT2D eigenvalue weighted by atomic mass is 16.5. The molecule has 0 amide bonds. The summed E-state index contributed by atoms with van der Waals surface area (Å²) in [7, 11) is 0. The zero-order valence-electron chi connectivity index (χ0n) is 71.4. The molecule has 0 saturated heterocycles. The van der Waals surface area contributed by atoms with E-state index in [4.69, 9.17) is 43.7 Å². The third kappa shape index (κ3) is 26.6. The summed E-state index contributed by atoms with van der Waals surface area (Å²) in [5, 5.41) is 45.6. The molecule has 0 spiro atoms. The summed E-state index contributed by atoms with van der Waals surface area (Å²) in [5.41, 5.74) is 18.3. The summed E-state index contributed by atoms with van der Waals surface area (Å²) in [6.07, 6.45) is 16.7. The molecule has 21 nitrogen and oxygen atoms in total. The SMILES string of the molecule is C(=C\c1ccc2ccccc2n1)/c1ccc(OCc2ccccc2Cc2nn[nH]n2)cc1.CCCc1c(OCc2cccc(OCc3ccc4ccccc4n3)c2)ccc(C(C)=O)c1OCC(=O)O.O=C(O)/C=C/c1ccccc1COc1ccc(/C=C/c2ccc3ccccc3n2)cc1.O=C(O)Cc1ccccc1OCc1ccc(/C=C/c2ccc3ccccc3n2)cc1. The third-order valence-electron chi connectivity index (χ3n) is 20.5. The zero-order valence-corrected chi connectivity index (χ0v) is 71.4. The molecule has 0 atom stereocenters. The Labute approximate surface area is 751 Å². The van der Waals surface area contributed by atoms with Crippen LogP contribution >= 0.6 is 0 Å². The lowest BCUT2D eigenvalue weighted by Crippen LogP contribution is -2.14. The maximum absolute atomic E-state index is 12.1. The van der Waals surface area contributed by atoms with Gasteiger partial charge >= 0.3 is 17.9 Å². The maximum Gasteiger partial charge on any atom is 0.341 e. The van der Waals surface area contributed by atoms with Gasteiger partial charge in [0.15, 0.2) is 18.2 Å². The van der Waals surface area contributed by atoms with E-state index in [0.717, 1.165) is 140 Å². The number of carbonyl (C=O) groups excluding carboxylic acids is 1. The zero-order chi connectivity index (χ0) is 90.0. The van der Waals surface area contributed by atoms with Crippen LogP contribution in [0.3, 0.4) is 0 Å². The van der Waals surface area contributed by atoms with Gasteiger partial charge in [-0.05, 0) is 191 Å². The molecule has 5 heterocycles. The minimum absolute atomic E-state index is 0.0529. The van der Waals surface area contributed by atoms with Crippen LogP contribution in [0.15, 0.2) is 334 Å². The Morgan fingerprint density at radius 1 is 0.377 bits per heavy atom. The first kappa shape index (κ1) is 89.5. The fourth-order valence-electron chi connectivity index (χ4n) is 13.9. The number of benzene rings is 12. The van der Waals surface area contributed by atoms with Crippen LogP contribution in [0.25, 0.3) is 86.1 Å². The van der Waals surface area contributed by atoms with Crippen molar-refractivity contribution in [3.63, 3.8) is 0 Å². The van der Waals surface area contributed by atoms with Crippen molar-refractivity contribution >= 4 is 110 Å². The topological polar surface area (TPSA) is 290 Å². The van der Waals surface area contributed by atoms with Crippen LogP contribution in [0.2, 0.25) is 0 Å². The smallest absolute Gasteiger partial charge is 0.341 e. The number of pyridine rings is 4. The number of ketones is 1. The van der Waals surface area contributed by atoms with Gasteiger partial charge < -0.3 is 43.7 Å². The van der Waals surface area contributed by atoms with Crippen molar-refractivity contribution in [1.82, 2.24) is 40.6 Å². The van der Waals surface area contributed by atoms with Crippen LogP contribution in [0.1, 0.15) is 120 Å². The molecule has 21 heteroatoms. The second-order valence-electron chi connectivity index (χ2n) is 30.0. The van der Waals surface area contributed by atoms with Crippen molar-refractivity contribution in [2.45, 2.75) is 72.6 Å². The summed E-state index contributed by atoms with van der Waals surface area (Å²) >= 11 is 0. The number of aliphatic carboxylic acids is 3. The lowest BCUT2D eigenvalue weighted by molar-refractivity contribution is -0.139. The number of Topliss-reactive ketones (excluding diaryl/α,β-unsaturated/α-hetero) is 1. The molecule has 0 aliphatic heterocycles. The van der Waals surface area contributed by atoms with Crippen molar-refractivity contribution < 1.29 is 62.9 Å². The number of tetrazole rings is 1. The number of rotatable bonds is 33. The maximum atomic E-state index is 12.1. The number of para-hydroxylation sites is 5. The van der Waals surface area contributed by atoms with Crippen LogP contribution in [-0.2, 0) is 66.7 Å². The molecule has 0 aliphatic rings. The van der Waals surface area contributed by atoms with Gasteiger partial charge in [0, 0.05) is 45.2 Å². The number of hydrogen-bond donors (Lipinski definition) is 4. The fourth-order valence-corrected chi connectivity index (χ4v) is 13.9. The molecule has 12 aromatic carbocycles. The van der Waals surface area contributed by atoms with Gasteiger partial charge in [-0.25, -0.2) is 29.5 Å². The molecule has 4 N–H and O–H groups in total. The number of aromatic amines is 1. The lowest BCUT2D eigenvalue weighted by atomic mass is 10.0. The predicted octanol–water partition coefficient (Wildman–Crippen LogP) is 22.8. The standard InChI is InChI=1S/C30H29NO6.C27H21NO3.C26H21N5O.C26H21NO3/c1-3-7-26-28(15-14-25(20(2)32)30(26)37-19-29(33)34)36-17-21-8-6-10-24(16-21)35-18-23-13-12-22-9-4-5-11-27(22)31-23;29-27(30)18-13-21-5-1-2-7-23(21)19-31-25-16-10-20(11-17-25)9-14-24-15-12-22-6-3-4-8-26(22)28-24;1-2-7-22(21(6-1)17-26-28-30-31-29-26)18-32-24-15-10-19(11-16-24)9-13-23-14-12-20-5-3-4-8-25(20)27-23;28-26(29)17-22-6-2-4-8-25(22)30-18-20-11-9-19(10-12-20)13-15-23-16-14-21-5-1-3-7-24(21)27-23/h4-6,8-16H,3,7,17-19H2,1-2H3,(H,33,34);1-18H,19H2,(H,29,30);1-16H,17-18H2,(H,28,29,30,31);1-16H,17-18H2,(H,28,29)/b;14-9+,18-13+;13-9+;15-13+. The molecule has 17 aromatic rings. The van der Waals surface area contributed by atoms with E-state index in [9.17, 15) is 19.2 Å². The summed E-state index contributed by atoms with van der Waals surface area (Å²) in [5.74, 6) is 1.20. The van der Waals surface area contributed by atoms with E-state index < -0.39 is 24.5 Å². The number of nitrogens with one attached hydrogen (secondary N) is 1. The third-order valence-corrected chi connectivity index (χ3v) is 20.5. The minimum Gasteiger partial charge on any atom is -0.489 e. The first-order valence-electron chi connectivity index (χ1n) is 42.2. The van der Waals surface area contributed by atoms with Crippen molar-refractivity contribution in [3.05, 3.63) is 429 Å². The largest absolute Gasteiger partial charge is 0.489 e. The average molecular weight is 1720 g/mol. The van der Waals surface area contributed by atoms with Crippen LogP contribution in [-0.4, -0.2) is 86.2 Å². The van der Waals surface area contributed by atoms with E-state index in [-0.39, 0.29) is 24.6 Å². The number of carboxylic acids is 3. The molecule has 0 saturated carbocycles. The lowest BCUT2D eigenvalue weighted by Gasteiger charge is -2.18. The number of aromatic nitrogens is 8. The highest BCUT2D eigenvalue weighted by Crippen LogP contribution is 2.36. The van der Waals surface area contributed by atoms with Gasteiger partial charge in [0.05, 0.1) is 56.8 Å². The molecule has 0 aliphatic carbocycles. The Bertz CT molecular complexity index is 6860. The van der Waals surface area contributed by atoms with E-state index in [1.54, 1.807) is 30.3 Å². The molecule has 0 radical (unpaired) electrons. The van der Waals surface area contributed by atoms with E-state index in [2.05, 4.69) is 95.2 Å². The highest BCUT2D eigenvalue weighted by molar-refractivity contribution is 5.98. The molecular weight excluding hydrogens is 1630 g/mol. The molecule has 5 aromatic heterocycles. The number of hydrogen-bond acceptors (Lipinski definition) is 17. The summed E-state index contributed by atoms with van der Waals surface area (Å²) in [4.78, 5) is 63.6. The van der Waals surface area contributed by atoms with Crippen LogP contribution in [0.5, 0.6) is 34.5 Å². The van der Waals surface area contributed by atoms with Crippen LogP contribution in [0.4, 0.5) is 0 Å². The summed E-state index contributed by atoms with van der Waals surface area (Å²) in [6, 6.07) is 106. The normalized spacial score (nSPS) is 11.1. The van der Waals surface area contributed by atoms with Gasteiger partial charge in [-0.15, -0.1) is 10.2 Å². The van der Waals surface area contributed by atoms with Gasteiger partial charge in [-0.3, -0.25) is 9.59 Å². The second-order valence-corrected chi connectivity index (χ2v) is 30.0. The first-order valence-corrected chi connectivity index (χ1v) is 42.2. The number of carbonyl (C=O) groups is 4. The van der Waals surface area contributed by atoms with E-state index in [1.807, 2.05) is 292 Å². The van der Waals surface area contributed by atoms with Gasteiger partial charge in [-0.1, -0.05) is 261 Å². The molecule has 0 fully saturated rings. The predicted molar refractivity (Wildman–Crippen MR) is 509 cm³/mol. The number of carboxylic acid groups (broad SMARTS) is 3. The molecular formula is C109H92N8O13. The second kappa shape index (κ2) is 45.7. The Morgan fingerprint density at radius 2 is 0.862 bits per heavy atom. The van der Waals surface area contributed by atoms with Crippen molar-refractivity contribution in [3.8, 4) is 34.5 Å². The number of H-pyrrole nitrogens is 1. The average Bonchev–Trinajstić information content (AvgIpc) is 0.834. The van der Waals surface area contributed by atoms with Gasteiger partial charge in [0.25, 0.3) is 0 Å². The Morgan fingerprint density at radius 3 is 1.40 bits per heavy atom. The van der Waals surface area contributed by atoms with E-state index in [0.29, 0.717) is 79.0 Å². The molecule has 130 heavy (non-hydrogen) atoms. The van der Waals surface area contributed by atoms with E-state index in [1.165, 1.54) is 6.92 Å². The van der Waals surface area contributed by atoms with Gasteiger partial charge in [-0.2, -0.15) is 5.21 Å². The molecule has 646 valence electrons. The molecule has 0 bridgehead atoms. The summed E-state index contributed by atoms with van der Waals surface area (Å²) in [6.45, 7) is 4.71. The Hall–Kier alpha value is -16.8.